The summed E-state index contributed by atoms with van der Waals surface area (Å²) in [6.07, 6.45) is 2.00. The molecule has 156 valence electrons. The molecule has 1 fully saturated rings. The van der Waals surface area contributed by atoms with E-state index in [-0.39, 0.29) is 18.2 Å². The molecule has 7 nitrogen and oxygen atoms in total. The van der Waals surface area contributed by atoms with Gasteiger partial charge in [-0.25, -0.2) is 4.98 Å². The van der Waals surface area contributed by atoms with Crippen molar-refractivity contribution in [2.45, 2.75) is 38.8 Å². The van der Waals surface area contributed by atoms with Crippen molar-refractivity contribution in [2.24, 2.45) is 5.73 Å². The van der Waals surface area contributed by atoms with Gasteiger partial charge < -0.3 is 15.6 Å². The van der Waals surface area contributed by atoms with Crippen molar-refractivity contribution in [2.75, 3.05) is 13.2 Å². The average molecular weight is 407 g/mol. The Hall–Kier alpha value is -3.03. The molecule has 0 saturated carbocycles. The fourth-order valence-electron chi connectivity index (χ4n) is 4.07. The van der Waals surface area contributed by atoms with Crippen LogP contribution in [0.2, 0.25) is 0 Å². The quantitative estimate of drug-likeness (QED) is 0.688. The molecule has 1 aliphatic heterocycles. The fraction of sp³-hybridized carbons (Fsp3) is 0.348. The smallest absolute Gasteiger partial charge is 0.261 e. The molecule has 2 heterocycles. The Morgan fingerprint density at radius 1 is 1.27 bits per heavy atom. The van der Waals surface area contributed by atoms with Crippen molar-refractivity contribution in [1.29, 1.82) is 0 Å². The van der Waals surface area contributed by atoms with E-state index in [2.05, 4.69) is 4.98 Å². The van der Waals surface area contributed by atoms with Gasteiger partial charge in [0.05, 0.1) is 36.0 Å². The molecule has 7 heteroatoms. The van der Waals surface area contributed by atoms with Crippen LogP contribution < -0.4 is 11.3 Å². The Labute approximate surface area is 174 Å². The number of aliphatic hydroxyl groups is 1. The third-order valence-corrected chi connectivity index (χ3v) is 6.03. The second-order valence-corrected chi connectivity index (χ2v) is 7.88. The zero-order valence-corrected chi connectivity index (χ0v) is 17.1. The number of aliphatic hydroxyl groups excluding tert-OH is 1. The van der Waals surface area contributed by atoms with Crippen LogP contribution in [0.25, 0.3) is 10.9 Å². The number of hydrogen-bond acceptors (Lipinski definition) is 5. The number of benzene rings is 2. The molecule has 0 spiro atoms. The summed E-state index contributed by atoms with van der Waals surface area (Å²) >= 11 is 0. The van der Waals surface area contributed by atoms with E-state index in [1.807, 2.05) is 32.0 Å². The number of fused-ring (bicyclic) bond motifs is 1. The SMILES string of the molecule is Cc1c(Cc2ccc(C(N)=O)cc2)cc2c(=O)n([C@H]3CCOC[C@@H]3O)cnc2c1C. The van der Waals surface area contributed by atoms with E-state index in [1.165, 1.54) is 4.57 Å². The van der Waals surface area contributed by atoms with Gasteiger partial charge in [0.1, 0.15) is 0 Å². The minimum absolute atomic E-state index is 0.153. The number of primary amides is 1. The normalized spacial score (nSPS) is 19.2. The van der Waals surface area contributed by atoms with Gasteiger partial charge in [0, 0.05) is 12.2 Å². The Morgan fingerprint density at radius 3 is 2.67 bits per heavy atom. The highest BCUT2D eigenvalue weighted by Gasteiger charge is 2.27. The van der Waals surface area contributed by atoms with Crippen LogP contribution in [0.15, 0.2) is 41.5 Å². The average Bonchev–Trinajstić information content (AvgIpc) is 2.73. The monoisotopic (exact) mass is 407 g/mol. The first-order chi connectivity index (χ1) is 14.4. The molecule has 0 radical (unpaired) electrons. The number of hydrogen-bond donors (Lipinski definition) is 2. The maximum absolute atomic E-state index is 13.3. The van der Waals surface area contributed by atoms with Gasteiger partial charge in [-0.05, 0) is 67.1 Å². The molecule has 1 aromatic heterocycles. The van der Waals surface area contributed by atoms with Crippen molar-refractivity contribution in [1.82, 2.24) is 9.55 Å². The van der Waals surface area contributed by atoms with Crippen LogP contribution in [0.4, 0.5) is 0 Å². The molecule has 3 N–H and O–H groups in total. The number of carbonyl (C=O) groups is 1. The van der Waals surface area contributed by atoms with Gasteiger partial charge in [0.25, 0.3) is 5.56 Å². The lowest BCUT2D eigenvalue weighted by Gasteiger charge is -2.29. The number of amides is 1. The lowest BCUT2D eigenvalue weighted by molar-refractivity contribution is -0.0395. The van der Waals surface area contributed by atoms with E-state index in [4.69, 9.17) is 10.5 Å². The number of nitrogens with two attached hydrogens (primary N) is 1. The minimum Gasteiger partial charge on any atom is -0.389 e. The van der Waals surface area contributed by atoms with Crippen LogP contribution in [-0.4, -0.2) is 39.9 Å². The summed E-state index contributed by atoms with van der Waals surface area (Å²) in [5.74, 6) is -0.457. The zero-order valence-electron chi connectivity index (χ0n) is 17.1. The molecule has 0 aliphatic carbocycles. The first-order valence-corrected chi connectivity index (χ1v) is 10.0. The van der Waals surface area contributed by atoms with Gasteiger partial charge in [-0.2, -0.15) is 0 Å². The van der Waals surface area contributed by atoms with Gasteiger partial charge in [0.15, 0.2) is 0 Å². The summed E-state index contributed by atoms with van der Waals surface area (Å²) in [4.78, 5) is 29.1. The summed E-state index contributed by atoms with van der Waals surface area (Å²) < 4.78 is 6.83. The first-order valence-electron chi connectivity index (χ1n) is 10.0. The molecule has 1 amide bonds. The molecule has 4 rings (SSSR count). The number of aromatic nitrogens is 2. The van der Waals surface area contributed by atoms with Crippen molar-refractivity contribution in [3.8, 4) is 0 Å². The summed E-state index contributed by atoms with van der Waals surface area (Å²) in [7, 11) is 0. The van der Waals surface area contributed by atoms with Crippen LogP contribution in [0.5, 0.6) is 0 Å². The number of carbonyl (C=O) groups excluding carboxylic acids is 1. The van der Waals surface area contributed by atoms with Crippen molar-refractivity contribution >= 4 is 16.8 Å². The van der Waals surface area contributed by atoms with Crippen molar-refractivity contribution in [3.05, 3.63) is 74.8 Å². The predicted molar refractivity (Wildman–Crippen MR) is 114 cm³/mol. The summed E-state index contributed by atoms with van der Waals surface area (Å²) in [5, 5.41) is 10.8. The Kier molecular flexibility index (Phi) is 5.40. The van der Waals surface area contributed by atoms with Crippen LogP contribution >= 0.6 is 0 Å². The lowest BCUT2D eigenvalue weighted by atomic mass is 9.94. The molecule has 1 aliphatic rings. The van der Waals surface area contributed by atoms with Gasteiger partial charge in [-0.3, -0.25) is 14.2 Å². The Balaban J connectivity index is 1.77. The highest BCUT2D eigenvalue weighted by Crippen LogP contribution is 2.26. The van der Waals surface area contributed by atoms with Gasteiger partial charge in [0.2, 0.25) is 5.91 Å². The van der Waals surface area contributed by atoms with E-state index in [0.717, 1.165) is 22.3 Å². The number of aryl methyl sites for hydroxylation is 1. The zero-order chi connectivity index (χ0) is 21.4. The lowest BCUT2D eigenvalue weighted by Crippen LogP contribution is -2.39. The molecular weight excluding hydrogens is 382 g/mol. The van der Waals surface area contributed by atoms with E-state index in [1.54, 1.807) is 18.5 Å². The largest absolute Gasteiger partial charge is 0.389 e. The van der Waals surface area contributed by atoms with Crippen LogP contribution in [0, 0.1) is 13.8 Å². The number of rotatable bonds is 4. The van der Waals surface area contributed by atoms with E-state index < -0.39 is 12.0 Å². The van der Waals surface area contributed by atoms with Crippen LogP contribution in [0.1, 0.15) is 45.1 Å². The molecule has 30 heavy (non-hydrogen) atoms. The van der Waals surface area contributed by atoms with Crippen molar-refractivity contribution in [3.63, 3.8) is 0 Å². The topological polar surface area (TPSA) is 107 Å². The Morgan fingerprint density at radius 2 is 2.00 bits per heavy atom. The standard InChI is InChI=1S/C23H25N3O4/c1-13-14(2)21-18(10-17(13)9-15-3-5-16(6-4-15)22(24)28)23(29)26(12-25-21)19-7-8-30-11-20(19)27/h3-6,10,12,19-20,27H,7-9,11H2,1-2H3,(H2,24,28)/t19-,20-/m0/s1. The number of ether oxygens (including phenoxy) is 1. The molecule has 0 unspecified atom stereocenters. The maximum Gasteiger partial charge on any atom is 0.261 e. The molecule has 2 aromatic carbocycles. The highest BCUT2D eigenvalue weighted by molar-refractivity contribution is 5.92. The summed E-state index contributed by atoms with van der Waals surface area (Å²) in [6, 6.07) is 8.73. The van der Waals surface area contributed by atoms with E-state index in [0.29, 0.717) is 35.9 Å². The minimum atomic E-state index is -0.731. The van der Waals surface area contributed by atoms with E-state index in [9.17, 15) is 14.7 Å². The van der Waals surface area contributed by atoms with Crippen LogP contribution in [-0.2, 0) is 11.2 Å². The Bertz CT molecular complexity index is 1170. The fourth-order valence-corrected chi connectivity index (χ4v) is 4.07. The van der Waals surface area contributed by atoms with Gasteiger partial charge >= 0.3 is 0 Å². The highest BCUT2D eigenvalue weighted by atomic mass is 16.5. The third kappa shape index (κ3) is 3.62. The maximum atomic E-state index is 13.3. The third-order valence-electron chi connectivity index (χ3n) is 6.03. The summed E-state index contributed by atoms with van der Waals surface area (Å²) in [6.45, 7) is 4.72. The second-order valence-electron chi connectivity index (χ2n) is 7.88. The van der Waals surface area contributed by atoms with Gasteiger partial charge in [-0.1, -0.05) is 12.1 Å². The molecule has 1 saturated heterocycles. The van der Waals surface area contributed by atoms with E-state index >= 15 is 0 Å². The molecule has 2 atom stereocenters. The van der Waals surface area contributed by atoms with Crippen molar-refractivity contribution < 1.29 is 14.6 Å². The first kappa shape index (κ1) is 20.3. The second kappa shape index (κ2) is 8.01. The molecule has 3 aromatic rings. The predicted octanol–water partition coefficient (Wildman–Crippen LogP) is 2.03. The molecule has 0 bridgehead atoms. The van der Waals surface area contributed by atoms with Crippen LogP contribution in [0.3, 0.4) is 0 Å². The number of nitrogens with zero attached hydrogens (tertiary/aromatic N) is 2. The van der Waals surface area contributed by atoms with Gasteiger partial charge in [-0.15, -0.1) is 0 Å². The summed E-state index contributed by atoms with van der Waals surface area (Å²) in [5.41, 5.74) is 10.4. The molecular formula is C23H25N3O4.